The quantitative estimate of drug-likeness (QED) is 0.705. The molecule has 18 heavy (non-hydrogen) atoms. The van der Waals surface area contributed by atoms with Crippen molar-refractivity contribution in [1.29, 1.82) is 5.26 Å². The third-order valence-corrected chi connectivity index (χ3v) is 2.62. The fourth-order valence-corrected chi connectivity index (χ4v) is 1.62. The van der Waals surface area contributed by atoms with Crippen LogP contribution >= 0.6 is 0 Å². The Bertz CT molecular complexity index is 381. The van der Waals surface area contributed by atoms with Crippen molar-refractivity contribution in [2.75, 3.05) is 33.4 Å². The summed E-state index contributed by atoms with van der Waals surface area (Å²) in [5.41, 5.74) is 1.20. The summed E-state index contributed by atoms with van der Waals surface area (Å²) < 4.78 is 5.07. The number of methoxy groups -OCH3 is 1. The molecule has 1 rings (SSSR count). The van der Waals surface area contributed by atoms with E-state index in [1.165, 1.54) is 5.56 Å². The average Bonchev–Trinajstić information content (AvgIpc) is 2.42. The molecule has 0 aliphatic rings. The van der Waals surface area contributed by atoms with Crippen LogP contribution in [0.2, 0.25) is 0 Å². The van der Waals surface area contributed by atoms with Gasteiger partial charge in [-0.1, -0.05) is 42.5 Å². The molecule has 0 radical (unpaired) electrons. The molecule has 96 valence electrons. The van der Waals surface area contributed by atoms with Gasteiger partial charge < -0.3 is 4.74 Å². The molecule has 0 atom stereocenters. The maximum absolute atomic E-state index is 8.62. The Hall–Kier alpha value is -1.63. The Morgan fingerprint density at radius 1 is 1.28 bits per heavy atom. The van der Waals surface area contributed by atoms with Gasteiger partial charge in [0.1, 0.15) is 0 Å². The first-order chi connectivity index (χ1) is 8.86. The lowest BCUT2D eigenvalue weighted by Crippen LogP contribution is -2.28. The average molecular weight is 244 g/mol. The Labute approximate surface area is 109 Å². The second-order valence-electron chi connectivity index (χ2n) is 4.01. The van der Waals surface area contributed by atoms with Crippen molar-refractivity contribution in [3.05, 3.63) is 42.0 Å². The first-order valence-electron chi connectivity index (χ1n) is 6.16. The predicted molar refractivity (Wildman–Crippen MR) is 74.0 cm³/mol. The first-order valence-corrected chi connectivity index (χ1v) is 6.16. The predicted octanol–water partition coefficient (Wildman–Crippen LogP) is 2.56. The van der Waals surface area contributed by atoms with Crippen LogP contribution in [-0.4, -0.2) is 38.3 Å². The molecule has 0 aliphatic heterocycles. The van der Waals surface area contributed by atoms with Gasteiger partial charge in [-0.25, -0.2) is 0 Å². The molecule has 0 saturated carbocycles. The largest absolute Gasteiger partial charge is 0.383 e. The molecule has 0 amide bonds. The minimum atomic E-state index is 0.558. The van der Waals surface area contributed by atoms with Crippen LogP contribution in [-0.2, 0) is 4.74 Å². The number of nitrogens with zero attached hydrogens (tertiary/aromatic N) is 2. The second-order valence-corrected chi connectivity index (χ2v) is 4.01. The summed E-state index contributed by atoms with van der Waals surface area (Å²) in [5.74, 6) is 0. The van der Waals surface area contributed by atoms with Crippen LogP contribution in [0, 0.1) is 11.3 Å². The van der Waals surface area contributed by atoms with Crippen molar-refractivity contribution in [2.24, 2.45) is 0 Å². The van der Waals surface area contributed by atoms with Crippen LogP contribution < -0.4 is 0 Å². The van der Waals surface area contributed by atoms with Crippen molar-refractivity contribution in [3.8, 4) is 6.07 Å². The van der Waals surface area contributed by atoms with Crippen LogP contribution in [0.3, 0.4) is 0 Å². The third-order valence-electron chi connectivity index (χ3n) is 2.62. The summed E-state index contributed by atoms with van der Waals surface area (Å²) in [6.45, 7) is 3.20. The highest BCUT2D eigenvalue weighted by Gasteiger charge is 2.01. The van der Waals surface area contributed by atoms with Gasteiger partial charge in [-0.15, -0.1) is 0 Å². The summed E-state index contributed by atoms with van der Waals surface area (Å²) in [5, 5.41) is 8.62. The molecule has 0 spiro atoms. The SMILES string of the molecule is COCCN(C/C=C/c1ccccc1)CCC#N. The van der Waals surface area contributed by atoms with Gasteiger partial charge in [0.2, 0.25) is 0 Å². The molecule has 1 aromatic carbocycles. The van der Waals surface area contributed by atoms with Crippen LogP contribution in [0.25, 0.3) is 6.08 Å². The van der Waals surface area contributed by atoms with Crippen LogP contribution in [0.1, 0.15) is 12.0 Å². The molecule has 0 unspecified atom stereocenters. The number of ether oxygens (including phenoxy) is 1. The van der Waals surface area contributed by atoms with Gasteiger partial charge in [0.25, 0.3) is 0 Å². The number of hydrogen-bond donors (Lipinski definition) is 0. The highest BCUT2D eigenvalue weighted by Crippen LogP contribution is 2.01. The van der Waals surface area contributed by atoms with Gasteiger partial charge in [-0.3, -0.25) is 4.90 Å². The van der Waals surface area contributed by atoms with E-state index in [0.717, 1.165) is 19.6 Å². The third kappa shape index (κ3) is 6.19. The van der Waals surface area contributed by atoms with E-state index in [2.05, 4.69) is 35.3 Å². The molecule has 0 aromatic heterocycles. The zero-order chi connectivity index (χ0) is 13.1. The normalized spacial score (nSPS) is 10.9. The Balaban J connectivity index is 2.40. The van der Waals surface area contributed by atoms with E-state index >= 15 is 0 Å². The monoisotopic (exact) mass is 244 g/mol. The zero-order valence-corrected chi connectivity index (χ0v) is 10.9. The fourth-order valence-electron chi connectivity index (χ4n) is 1.62. The van der Waals surface area contributed by atoms with Crippen LogP contribution in [0.5, 0.6) is 0 Å². The number of rotatable bonds is 8. The highest BCUT2D eigenvalue weighted by molar-refractivity contribution is 5.48. The summed E-state index contributed by atoms with van der Waals surface area (Å²) in [6, 6.07) is 12.4. The minimum Gasteiger partial charge on any atom is -0.383 e. The van der Waals surface area contributed by atoms with E-state index in [1.807, 2.05) is 18.2 Å². The second kappa shape index (κ2) is 9.41. The molecule has 0 fully saturated rings. The smallest absolute Gasteiger partial charge is 0.0635 e. The maximum Gasteiger partial charge on any atom is 0.0635 e. The highest BCUT2D eigenvalue weighted by atomic mass is 16.5. The molecule has 0 aliphatic carbocycles. The topological polar surface area (TPSA) is 36.3 Å². The van der Waals surface area contributed by atoms with E-state index in [9.17, 15) is 0 Å². The minimum absolute atomic E-state index is 0.558. The van der Waals surface area contributed by atoms with Gasteiger partial charge in [0.15, 0.2) is 0 Å². The molecule has 3 heteroatoms. The van der Waals surface area contributed by atoms with Crippen molar-refractivity contribution >= 4 is 6.08 Å². The first kappa shape index (κ1) is 14.4. The number of nitriles is 1. The molecule has 3 nitrogen and oxygen atoms in total. The van der Waals surface area contributed by atoms with Gasteiger partial charge in [0.05, 0.1) is 12.7 Å². The van der Waals surface area contributed by atoms with E-state index in [-0.39, 0.29) is 0 Å². The summed E-state index contributed by atoms with van der Waals surface area (Å²) in [6.07, 6.45) is 4.79. The van der Waals surface area contributed by atoms with Gasteiger partial charge in [0, 0.05) is 33.2 Å². The van der Waals surface area contributed by atoms with Crippen molar-refractivity contribution < 1.29 is 4.74 Å². The Morgan fingerprint density at radius 2 is 2.06 bits per heavy atom. The zero-order valence-electron chi connectivity index (χ0n) is 10.9. The maximum atomic E-state index is 8.62. The van der Waals surface area contributed by atoms with E-state index in [0.29, 0.717) is 13.0 Å². The standard InChI is InChI=1S/C15H20N2O/c1-18-14-13-17(12-6-10-16)11-5-9-15-7-3-2-4-8-15/h2-5,7-9H,6,11-14H2,1H3/b9-5+. The lowest BCUT2D eigenvalue weighted by atomic mass is 10.2. The van der Waals surface area contributed by atoms with Crippen molar-refractivity contribution in [1.82, 2.24) is 4.90 Å². The van der Waals surface area contributed by atoms with Gasteiger partial charge >= 0.3 is 0 Å². The van der Waals surface area contributed by atoms with Crippen molar-refractivity contribution in [2.45, 2.75) is 6.42 Å². The lowest BCUT2D eigenvalue weighted by Gasteiger charge is -2.18. The Morgan fingerprint density at radius 3 is 2.72 bits per heavy atom. The fraction of sp³-hybridized carbons (Fsp3) is 0.400. The van der Waals surface area contributed by atoms with Gasteiger partial charge in [-0.05, 0) is 5.56 Å². The van der Waals surface area contributed by atoms with Gasteiger partial charge in [-0.2, -0.15) is 5.26 Å². The lowest BCUT2D eigenvalue weighted by molar-refractivity contribution is 0.155. The molecular formula is C15H20N2O. The van der Waals surface area contributed by atoms with E-state index in [1.54, 1.807) is 7.11 Å². The summed E-state index contributed by atoms with van der Waals surface area (Å²) in [7, 11) is 1.70. The molecule has 1 aromatic rings. The molecular weight excluding hydrogens is 224 g/mol. The number of hydrogen-bond acceptors (Lipinski definition) is 3. The molecule has 0 bridgehead atoms. The van der Waals surface area contributed by atoms with Crippen LogP contribution in [0.4, 0.5) is 0 Å². The summed E-state index contributed by atoms with van der Waals surface area (Å²) >= 11 is 0. The molecule has 0 heterocycles. The van der Waals surface area contributed by atoms with E-state index < -0.39 is 0 Å². The molecule has 0 saturated heterocycles. The number of benzene rings is 1. The van der Waals surface area contributed by atoms with Crippen molar-refractivity contribution in [3.63, 3.8) is 0 Å². The Kier molecular flexibility index (Phi) is 7.54. The van der Waals surface area contributed by atoms with E-state index in [4.69, 9.17) is 10.00 Å². The molecule has 0 N–H and O–H groups in total. The summed E-state index contributed by atoms with van der Waals surface area (Å²) in [4.78, 5) is 2.21. The van der Waals surface area contributed by atoms with Crippen LogP contribution in [0.15, 0.2) is 36.4 Å².